The Balaban J connectivity index is 2.52. The number of rotatable bonds is 5. The predicted octanol–water partition coefficient (Wildman–Crippen LogP) is -0.973. The molecule has 0 radical (unpaired) electrons. The van der Waals surface area contributed by atoms with Gasteiger partial charge in [0.15, 0.2) is 0 Å². The minimum absolute atomic E-state index is 0.00565. The molecule has 1 aliphatic rings. The van der Waals surface area contributed by atoms with Crippen molar-refractivity contribution in [3.05, 3.63) is 0 Å². The number of nitrogens with one attached hydrogen (secondary N) is 1. The maximum absolute atomic E-state index is 11.8. The molecule has 8 nitrogen and oxygen atoms in total. The largest absolute Gasteiger partial charge is 0.480 e. The lowest BCUT2D eigenvalue weighted by Gasteiger charge is -2.20. The van der Waals surface area contributed by atoms with Crippen LogP contribution in [0.4, 0.5) is 4.79 Å². The quantitative estimate of drug-likeness (QED) is 0.555. The van der Waals surface area contributed by atoms with Crippen LogP contribution in [-0.2, 0) is 14.3 Å². The van der Waals surface area contributed by atoms with Gasteiger partial charge >= 0.3 is 18.0 Å². The van der Waals surface area contributed by atoms with Crippen LogP contribution >= 0.6 is 0 Å². The number of amides is 2. The number of methoxy groups -OCH3 is 1. The molecular weight excluding hydrogens is 256 g/mol. The van der Waals surface area contributed by atoms with Crippen molar-refractivity contribution in [2.75, 3.05) is 26.8 Å². The molecule has 0 aromatic carbocycles. The van der Waals surface area contributed by atoms with E-state index in [1.165, 1.54) is 4.90 Å². The van der Waals surface area contributed by atoms with E-state index in [4.69, 9.17) is 10.2 Å². The van der Waals surface area contributed by atoms with E-state index in [9.17, 15) is 14.4 Å². The van der Waals surface area contributed by atoms with E-state index in [-0.39, 0.29) is 12.5 Å². The summed E-state index contributed by atoms with van der Waals surface area (Å²) in [6, 6.07) is -1.86. The molecule has 0 aromatic heterocycles. The number of ether oxygens (including phenoxy) is 1. The molecule has 0 spiro atoms. The van der Waals surface area contributed by atoms with Crippen molar-refractivity contribution in [3.63, 3.8) is 0 Å². The minimum Gasteiger partial charge on any atom is -0.480 e. The normalized spacial score (nSPS) is 19.9. The van der Waals surface area contributed by atoms with Crippen molar-refractivity contribution < 1.29 is 29.3 Å². The lowest BCUT2D eigenvalue weighted by Crippen LogP contribution is -2.48. The van der Waals surface area contributed by atoms with Crippen LogP contribution in [0.2, 0.25) is 0 Å². The third-order valence-corrected chi connectivity index (χ3v) is 3.03. The third-order valence-electron chi connectivity index (χ3n) is 3.03. The number of carboxylic acids is 1. The van der Waals surface area contributed by atoms with Crippen molar-refractivity contribution in [2.45, 2.75) is 18.9 Å². The van der Waals surface area contributed by atoms with Crippen LogP contribution in [0.15, 0.2) is 0 Å². The number of nitrogens with zero attached hydrogens (tertiary/aromatic N) is 1. The fourth-order valence-electron chi connectivity index (χ4n) is 1.86. The van der Waals surface area contributed by atoms with Crippen LogP contribution in [-0.4, -0.2) is 65.9 Å². The number of urea groups is 1. The highest BCUT2D eigenvalue weighted by atomic mass is 16.5. The number of carbonyl (C=O) groups excluding carboxylic acids is 2. The standard InChI is InChI=1S/C11H18N2O6/c1-19-9(15)4-8(10(16)17)12-11(18)13-3-2-7(5-13)6-14/h7-8,14H,2-6H2,1H3,(H,12,18)(H,16,17)/t7?,8-/m0/s1. The number of aliphatic carboxylic acids is 1. The van der Waals surface area contributed by atoms with E-state index in [0.717, 1.165) is 7.11 Å². The average molecular weight is 274 g/mol. The van der Waals surface area contributed by atoms with Gasteiger partial charge in [0.25, 0.3) is 0 Å². The number of aliphatic hydroxyl groups is 1. The summed E-state index contributed by atoms with van der Waals surface area (Å²) in [6.07, 6.45) is 0.257. The zero-order valence-corrected chi connectivity index (χ0v) is 10.7. The maximum atomic E-state index is 11.8. The molecule has 3 N–H and O–H groups in total. The van der Waals surface area contributed by atoms with Crippen LogP contribution in [0, 0.1) is 5.92 Å². The fourth-order valence-corrected chi connectivity index (χ4v) is 1.86. The van der Waals surface area contributed by atoms with Crippen molar-refractivity contribution in [1.82, 2.24) is 10.2 Å². The zero-order valence-electron chi connectivity index (χ0n) is 10.7. The first-order chi connectivity index (χ1) is 8.97. The van der Waals surface area contributed by atoms with Crippen LogP contribution in [0.3, 0.4) is 0 Å². The van der Waals surface area contributed by atoms with Gasteiger partial charge in [0, 0.05) is 25.6 Å². The van der Waals surface area contributed by atoms with E-state index in [1.807, 2.05) is 0 Å². The van der Waals surface area contributed by atoms with E-state index in [2.05, 4.69) is 10.1 Å². The molecule has 0 bridgehead atoms. The molecule has 2 amide bonds. The lowest BCUT2D eigenvalue weighted by molar-refractivity contribution is -0.147. The Hall–Kier alpha value is -1.83. The van der Waals surface area contributed by atoms with Gasteiger partial charge in [0.2, 0.25) is 0 Å². The van der Waals surface area contributed by atoms with Gasteiger partial charge in [-0.05, 0) is 6.42 Å². The smallest absolute Gasteiger partial charge is 0.326 e. The Kier molecular flexibility index (Phi) is 5.56. The molecule has 1 unspecified atom stereocenters. The summed E-state index contributed by atoms with van der Waals surface area (Å²) >= 11 is 0. The first-order valence-corrected chi connectivity index (χ1v) is 5.93. The molecule has 1 heterocycles. The molecule has 0 saturated carbocycles. The highest BCUT2D eigenvalue weighted by Gasteiger charge is 2.30. The summed E-state index contributed by atoms with van der Waals surface area (Å²) in [6.45, 7) is 0.836. The molecule has 1 rings (SSSR count). The van der Waals surface area contributed by atoms with Gasteiger partial charge in [0.05, 0.1) is 13.5 Å². The molecule has 8 heteroatoms. The molecule has 2 atom stereocenters. The van der Waals surface area contributed by atoms with Gasteiger partial charge in [-0.3, -0.25) is 4.79 Å². The Morgan fingerprint density at radius 2 is 2.16 bits per heavy atom. The molecule has 1 saturated heterocycles. The lowest BCUT2D eigenvalue weighted by atomic mass is 10.1. The Morgan fingerprint density at radius 3 is 2.63 bits per heavy atom. The number of hydrogen-bond acceptors (Lipinski definition) is 5. The Labute approximate surface area is 110 Å². The van der Waals surface area contributed by atoms with Gasteiger partial charge in [-0.2, -0.15) is 0 Å². The highest BCUT2D eigenvalue weighted by Crippen LogP contribution is 2.15. The van der Waals surface area contributed by atoms with Gasteiger partial charge in [-0.25, -0.2) is 9.59 Å². The van der Waals surface area contributed by atoms with E-state index in [1.54, 1.807) is 0 Å². The first kappa shape index (κ1) is 15.2. The van der Waals surface area contributed by atoms with Crippen LogP contribution < -0.4 is 5.32 Å². The summed E-state index contributed by atoms with van der Waals surface area (Å²) in [5, 5.41) is 20.2. The summed E-state index contributed by atoms with van der Waals surface area (Å²) < 4.78 is 4.37. The van der Waals surface area contributed by atoms with Gasteiger partial charge in [0.1, 0.15) is 6.04 Å². The van der Waals surface area contributed by atoms with Crippen molar-refractivity contribution in [2.24, 2.45) is 5.92 Å². The molecular formula is C11H18N2O6. The zero-order chi connectivity index (χ0) is 14.4. The monoisotopic (exact) mass is 274 g/mol. The van der Waals surface area contributed by atoms with E-state index in [0.29, 0.717) is 19.5 Å². The molecule has 0 aromatic rings. The average Bonchev–Trinajstić information content (AvgIpc) is 2.86. The van der Waals surface area contributed by atoms with E-state index >= 15 is 0 Å². The number of aliphatic hydroxyl groups excluding tert-OH is 1. The molecule has 1 aliphatic heterocycles. The van der Waals surface area contributed by atoms with Gasteiger partial charge < -0.3 is 25.2 Å². The molecule has 1 fully saturated rings. The SMILES string of the molecule is COC(=O)C[C@H](NC(=O)N1CCC(CO)C1)C(=O)O. The fraction of sp³-hybridized carbons (Fsp3) is 0.727. The number of hydrogen-bond donors (Lipinski definition) is 3. The molecule has 0 aliphatic carbocycles. The summed E-state index contributed by atoms with van der Waals surface area (Å²) in [5.74, 6) is -1.98. The second-order valence-corrected chi connectivity index (χ2v) is 4.40. The van der Waals surface area contributed by atoms with Crippen LogP contribution in [0.25, 0.3) is 0 Å². The van der Waals surface area contributed by atoms with E-state index < -0.39 is 30.4 Å². The van der Waals surface area contributed by atoms with Gasteiger partial charge in [-0.1, -0.05) is 0 Å². The summed E-state index contributed by atoms with van der Waals surface area (Å²) in [5.41, 5.74) is 0. The summed E-state index contributed by atoms with van der Waals surface area (Å²) in [7, 11) is 1.15. The first-order valence-electron chi connectivity index (χ1n) is 5.93. The van der Waals surface area contributed by atoms with Crippen molar-refractivity contribution in [3.8, 4) is 0 Å². The predicted molar refractivity (Wildman–Crippen MR) is 63.4 cm³/mol. The number of carboxylic acid groups (broad SMARTS) is 1. The molecule has 19 heavy (non-hydrogen) atoms. The number of esters is 1. The summed E-state index contributed by atoms with van der Waals surface area (Å²) in [4.78, 5) is 35.2. The number of likely N-dealkylation sites (tertiary alicyclic amines) is 1. The Bertz CT molecular complexity index is 359. The third kappa shape index (κ3) is 4.40. The van der Waals surface area contributed by atoms with Crippen molar-refractivity contribution in [1.29, 1.82) is 0 Å². The van der Waals surface area contributed by atoms with Crippen LogP contribution in [0.1, 0.15) is 12.8 Å². The Morgan fingerprint density at radius 1 is 1.47 bits per heavy atom. The second-order valence-electron chi connectivity index (χ2n) is 4.40. The minimum atomic E-state index is -1.31. The number of carbonyl (C=O) groups is 3. The second kappa shape index (κ2) is 6.93. The highest BCUT2D eigenvalue weighted by molar-refractivity contribution is 5.86. The van der Waals surface area contributed by atoms with Crippen molar-refractivity contribution >= 4 is 18.0 Å². The van der Waals surface area contributed by atoms with Crippen LogP contribution in [0.5, 0.6) is 0 Å². The maximum Gasteiger partial charge on any atom is 0.326 e. The topological polar surface area (TPSA) is 116 Å². The van der Waals surface area contributed by atoms with Gasteiger partial charge in [-0.15, -0.1) is 0 Å². The molecule has 108 valence electrons.